The third-order valence-corrected chi connectivity index (χ3v) is 6.93. The first-order valence-electron chi connectivity index (χ1n) is 8.60. The Morgan fingerprint density at radius 1 is 1.38 bits per heavy atom. The Hall–Kier alpha value is -1.03. The van der Waals surface area contributed by atoms with E-state index in [9.17, 15) is 8.42 Å². The van der Waals surface area contributed by atoms with Crippen molar-refractivity contribution in [2.75, 3.05) is 27.2 Å². The van der Waals surface area contributed by atoms with Crippen molar-refractivity contribution in [2.24, 2.45) is 11.7 Å². The number of hydrogen-bond acceptors (Lipinski definition) is 5. The fraction of sp³-hybridized carbons (Fsp3) is 0.867. The molecule has 24 heavy (non-hydrogen) atoms. The van der Waals surface area contributed by atoms with E-state index >= 15 is 0 Å². The minimum atomic E-state index is -3.35. The van der Waals surface area contributed by atoms with Crippen LogP contribution in [-0.4, -0.2) is 59.2 Å². The zero-order valence-electron chi connectivity index (χ0n) is 15.1. The van der Waals surface area contributed by atoms with Crippen LogP contribution in [0.1, 0.15) is 45.2 Å². The molecule has 0 bridgehead atoms. The van der Waals surface area contributed by atoms with Gasteiger partial charge in [0.1, 0.15) is 5.69 Å². The molecule has 1 fully saturated rings. The minimum Gasteiger partial charge on any atom is -0.320 e. The highest BCUT2D eigenvalue weighted by molar-refractivity contribution is 7.86. The first-order valence-corrected chi connectivity index (χ1v) is 9.99. The van der Waals surface area contributed by atoms with E-state index in [4.69, 9.17) is 5.73 Å². The summed E-state index contributed by atoms with van der Waals surface area (Å²) in [6, 6.07) is 0. The van der Waals surface area contributed by atoms with Crippen molar-refractivity contribution < 1.29 is 8.42 Å². The third kappa shape index (κ3) is 3.96. The van der Waals surface area contributed by atoms with Gasteiger partial charge in [-0.25, -0.2) is 0 Å². The summed E-state index contributed by atoms with van der Waals surface area (Å²) in [5, 5.41) is 8.44. The van der Waals surface area contributed by atoms with Crippen LogP contribution in [0.3, 0.4) is 0 Å². The zero-order chi connectivity index (χ0) is 18.0. The number of hydrogen-bond donors (Lipinski definition) is 1. The number of piperidine rings is 1. The summed E-state index contributed by atoms with van der Waals surface area (Å²) in [6.45, 7) is 5.86. The molecule has 2 heterocycles. The van der Waals surface area contributed by atoms with Crippen molar-refractivity contribution in [3.8, 4) is 0 Å². The maximum absolute atomic E-state index is 12.3. The monoisotopic (exact) mass is 358 g/mol. The molecule has 0 aliphatic carbocycles. The SMILES string of the molecule is CCC(N)(CC)c1cn(C[C@@H]2CCCN(S(=O)(=O)N(C)C)C2)nn1. The third-order valence-electron chi connectivity index (χ3n) is 5.03. The minimum absolute atomic E-state index is 0.235. The van der Waals surface area contributed by atoms with Crippen LogP contribution in [0, 0.1) is 5.92 Å². The Labute approximate surface area is 145 Å². The molecule has 1 aliphatic heterocycles. The summed E-state index contributed by atoms with van der Waals surface area (Å²) in [5.41, 5.74) is 6.74. The summed E-state index contributed by atoms with van der Waals surface area (Å²) in [5.74, 6) is 0.235. The van der Waals surface area contributed by atoms with E-state index in [-0.39, 0.29) is 5.92 Å². The molecule has 1 aromatic heterocycles. The average Bonchev–Trinajstić information content (AvgIpc) is 3.03. The summed E-state index contributed by atoms with van der Waals surface area (Å²) in [7, 11) is -0.213. The highest BCUT2D eigenvalue weighted by Gasteiger charge is 2.31. The normalized spacial score (nSPS) is 20.7. The van der Waals surface area contributed by atoms with Crippen molar-refractivity contribution in [1.29, 1.82) is 0 Å². The van der Waals surface area contributed by atoms with Crippen LogP contribution < -0.4 is 5.73 Å². The van der Waals surface area contributed by atoms with E-state index in [0.717, 1.165) is 31.4 Å². The molecule has 2 N–H and O–H groups in total. The number of rotatable bonds is 7. The smallest absolute Gasteiger partial charge is 0.281 e. The van der Waals surface area contributed by atoms with Crippen LogP contribution in [-0.2, 0) is 22.3 Å². The van der Waals surface area contributed by atoms with Crippen molar-refractivity contribution in [1.82, 2.24) is 23.6 Å². The molecule has 1 atom stereocenters. The lowest BCUT2D eigenvalue weighted by molar-refractivity contribution is 0.230. The second-order valence-electron chi connectivity index (χ2n) is 6.85. The van der Waals surface area contributed by atoms with E-state index in [1.807, 2.05) is 20.0 Å². The fourth-order valence-electron chi connectivity index (χ4n) is 3.11. The number of aromatic nitrogens is 3. The lowest BCUT2D eigenvalue weighted by atomic mass is 9.91. The predicted octanol–water partition coefficient (Wildman–Crippen LogP) is 0.771. The maximum atomic E-state index is 12.3. The molecular weight excluding hydrogens is 328 g/mol. The van der Waals surface area contributed by atoms with Gasteiger partial charge in [-0.1, -0.05) is 19.1 Å². The van der Waals surface area contributed by atoms with Crippen LogP contribution in [0.4, 0.5) is 0 Å². The van der Waals surface area contributed by atoms with Gasteiger partial charge in [0.05, 0.1) is 11.7 Å². The lowest BCUT2D eigenvalue weighted by Gasteiger charge is -2.33. The van der Waals surface area contributed by atoms with Crippen LogP contribution in [0.5, 0.6) is 0 Å². The molecule has 9 heteroatoms. The van der Waals surface area contributed by atoms with Crippen LogP contribution in [0.15, 0.2) is 6.20 Å². The Morgan fingerprint density at radius 3 is 2.62 bits per heavy atom. The lowest BCUT2D eigenvalue weighted by Crippen LogP contribution is -2.46. The Balaban J connectivity index is 2.05. The molecule has 2 rings (SSSR count). The van der Waals surface area contributed by atoms with Gasteiger partial charge in [0.25, 0.3) is 10.2 Å². The molecular formula is C15H30N6O2S. The molecule has 1 aromatic rings. The van der Waals surface area contributed by atoms with Gasteiger partial charge in [-0.05, 0) is 31.6 Å². The Morgan fingerprint density at radius 2 is 2.04 bits per heavy atom. The largest absolute Gasteiger partial charge is 0.320 e. The predicted molar refractivity (Wildman–Crippen MR) is 93.4 cm³/mol. The topological polar surface area (TPSA) is 97.3 Å². The van der Waals surface area contributed by atoms with E-state index < -0.39 is 15.7 Å². The zero-order valence-corrected chi connectivity index (χ0v) is 16.0. The van der Waals surface area contributed by atoms with Crippen LogP contribution >= 0.6 is 0 Å². The molecule has 0 radical (unpaired) electrons. The van der Waals surface area contributed by atoms with Gasteiger partial charge in [0.2, 0.25) is 0 Å². The molecule has 0 saturated carbocycles. The number of nitrogens with zero attached hydrogens (tertiary/aromatic N) is 5. The second kappa shape index (κ2) is 7.47. The summed E-state index contributed by atoms with van der Waals surface area (Å²) in [6.07, 6.45) is 5.38. The Kier molecular flexibility index (Phi) is 6.00. The molecule has 138 valence electrons. The van der Waals surface area contributed by atoms with Gasteiger partial charge in [-0.15, -0.1) is 5.10 Å². The van der Waals surface area contributed by atoms with Gasteiger partial charge in [-0.2, -0.15) is 17.0 Å². The Bertz CT molecular complexity index is 638. The van der Waals surface area contributed by atoms with Crippen LogP contribution in [0.2, 0.25) is 0 Å². The van der Waals surface area contributed by atoms with Crippen molar-refractivity contribution in [2.45, 2.75) is 51.6 Å². The first-order chi connectivity index (χ1) is 11.2. The van der Waals surface area contributed by atoms with Crippen molar-refractivity contribution in [3.63, 3.8) is 0 Å². The molecule has 8 nitrogen and oxygen atoms in total. The van der Waals surface area contributed by atoms with Gasteiger partial charge in [0, 0.05) is 33.7 Å². The van der Waals surface area contributed by atoms with E-state index in [2.05, 4.69) is 10.3 Å². The fourth-order valence-corrected chi connectivity index (χ4v) is 4.33. The summed E-state index contributed by atoms with van der Waals surface area (Å²) < 4.78 is 29.2. The molecule has 1 saturated heterocycles. The van der Waals surface area contributed by atoms with E-state index in [1.54, 1.807) is 23.1 Å². The summed E-state index contributed by atoms with van der Waals surface area (Å²) >= 11 is 0. The average molecular weight is 359 g/mol. The highest BCUT2D eigenvalue weighted by Crippen LogP contribution is 2.25. The van der Waals surface area contributed by atoms with Gasteiger partial charge >= 0.3 is 0 Å². The maximum Gasteiger partial charge on any atom is 0.281 e. The second-order valence-corrected chi connectivity index (χ2v) is 8.99. The first kappa shape index (κ1) is 19.3. The van der Waals surface area contributed by atoms with Crippen LogP contribution in [0.25, 0.3) is 0 Å². The van der Waals surface area contributed by atoms with Gasteiger partial charge in [0.15, 0.2) is 0 Å². The standard InChI is InChI=1S/C15H30N6O2S/c1-5-15(16,6-2)14-12-20(18-17-14)10-13-8-7-9-21(11-13)24(22,23)19(3)4/h12-13H,5-11,16H2,1-4H3/t13-/m0/s1. The molecule has 0 spiro atoms. The summed E-state index contributed by atoms with van der Waals surface area (Å²) in [4.78, 5) is 0. The quantitative estimate of drug-likeness (QED) is 0.776. The molecule has 0 unspecified atom stereocenters. The molecule has 0 amide bonds. The van der Waals surface area contributed by atoms with Gasteiger partial charge in [-0.3, -0.25) is 4.68 Å². The van der Waals surface area contributed by atoms with Gasteiger partial charge < -0.3 is 5.73 Å². The van der Waals surface area contributed by atoms with E-state index in [0.29, 0.717) is 19.6 Å². The van der Waals surface area contributed by atoms with Crippen molar-refractivity contribution in [3.05, 3.63) is 11.9 Å². The number of nitrogens with two attached hydrogens (primary N) is 1. The molecule has 1 aliphatic rings. The van der Waals surface area contributed by atoms with E-state index in [1.165, 1.54) is 4.31 Å². The molecule has 0 aromatic carbocycles. The van der Waals surface area contributed by atoms with Crippen molar-refractivity contribution >= 4 is 10.2 Å². The highest BCUT2D eigenvalue weighted by atomic mass is 32.2.